The Morgan fingerprint density at radius 1 is 1.18 bits per heavy atom. The molecule has 0 amide bonds. The first kappa shape index (κ1) is 18.7. The van der Waals surface area contributed by atoms with Crippen LogP contribution in [0.1, 0.15) is 35.4 Å². The van der Waals surface area contributed by atoms with Gasteiger partial charge in [-0.1, -0.05) is 36.0 Å². The summed E-state index contributed by atoms with van der Waals surface area (Å²) in [4.78, 5) is 21.8. The van der Waals surface area contributed by atoms with Crippen LogP contribution in [0, 0.1) is 0 Å². The average molecular weight is 336 g/mol. The summed E-state index contributed by atoms with van der Waals surface area (Å²) in [5.74, 6) is -1.65. The third-order valence-electron chi connectivity index (χ3n) is 2.86. The summed E-state index contributed by atoms with van der Waals surface area (Å²) in [5.41, 5.74) is -0.343. The smallest absolute Gasteiger partial charge is 0.390 e. The van der Waals surface area contributed by atoms with Gasteiger partial charge in [-0.3, -0.25) is 9.59 Å². The molecule has 1 rings (SSSR count). The molecule has 122 valence electrons. The van der Waals surface area contributed by atoms with Crippen LogP contribution in [0.3, 0.4) is 0 Å². The lowest BCUT2D eigenvalue weighted by Gasteiger charge is -2.18. The number of thioether (sulfide) groups is 1. The molecule has 4 nitrogen and oxygen atoms in total. The molecule has 0 heterocycles. The highest BCUT2D eigenvalue weighted by molar-refractivity contribution is 8.13. The summed E-state index contributed by atoms with van der Waals surface area (Å²) in [6.45, 7) is 1.38. The second kappa shape index (κ2) is 7.75. The van der Waals surface area contributed by atoms with Crippen LogP contribution >= 0.6 is 11.8 Å². The fourth-order valence-corrected chi connectivity index (χ4v) is 2.35. The van der Waals surface area contributed by atoms with Gasteiger partial charge in [0.1, 0.15) is 6.10 Å². The van der Waals surface area contributed by atoms with E-state index in [0.717, 1.165) is 36.0 Å². The van der Waals surface area contributed by atoms with Crippen LogP contribution in [0.4, 0.5) is 13.2 Å². The molecule has 22 heavy (non-hydrogen) atoms. The first-order valence-corrected chi connectivity index (χ1v) is 7.32. The number of halogens is 3. The van der Waals surface area contributed by atoms with Crippen molar-refractivity contribution in [1.82, 2.24) is 0 Å². The topological polar surface area (TPSA) is 74.6 Å². The molecule has 2 atom stereocenters. The maximum absolute atomic E-state index is 12.3. The first-order chi connectivity index (χ1) is 10.1. The predicted molar refractivity (Wildman–Crippen MR) is 75.6 cm³/mol. The summed E-state index contributed by atoms with van der Waals surface area (Å²) < 4.78 is 36.8. The van der Waals surface area contributed by atoms with Gasteiger partial charge in [-0.25, -0.2) is 0 Å². The van der Waals surface area contributed by atoms with Crippen molar-refractivity contribution in [2.45, 2.75) is 31.7 Å². The minimum absolute atomic E-state index is 0.114. The normalized spacial score (nSPS) is 14.5. The van der Waals surface area contributed by atoms with E-state index in [4.69, 9.17) is 0 Å². The van der Waals surface area contributed by atoms with Gasteiger partial charge in [-0.05, 0) is 12.0 Å². The van der Waals surface area contributed by atoms with Gasteiger partial charge < -0.3 is 10.2 Å². The van der Waals surface area contributed by atoms with Crippen LogP contribution in [0.5, 0.6) is 0 Å². The minimum atomic E-state index is -4.95. The Labute approximate surface area is 129 Å². The number of hydrogen-bond donors (Lipinski definition) is 2. The zero-order chi connectivity index (χ0) is 16.9. The maximum atomic E-state index is 12.3. The van der Waals surface area contributed by atoms with Crippen molar-refractivity contribution in [1.29, 1.82) is 0 Å². The summed E-state index contributed by atoms with van der Waals surface area (Å²) in [6, 6.07) is 4.22. The first-order valence-electron chi connectivity index (χ1n) is 6.34. The molecule has 1 aromatic carbocycles. The van der Waals surface area contributed by atoms with Crippen LogP contribution in [-0.4, -0.2) is 39.1 Å². The molecule has 0 saturated heterocycles. The number of ketones is 1. The van der Waals surface area contributed by atoms with Gasteiger partial charge in [0.2, 0.25) is 0 Å². The number of carbonyl (C=O) groups excluding carboxylic acids is 2. The molecule has 0 aliphatic carbocycles. The molecule has 0 aliphatic heterocycles. The van der Waals surface area contributed by atoms with E-state index in [9.17, 15) is 33.0 Å². The number of aliphatic hydroxyl groups is 2. The van der Waals surface area contributed by atoms with Crippen molar-refractivity contribution in [2.24, 2.45) is 0 Å². The highest BCUT2D eigenvalue weighted by Gasteiger charge is 2.39. The lowest BCUT2D eigenvalue weighted by molar-refractivity contribution is -0.109. The third-order valence-corrected chi connectivity index (χ3v) is 3.70. The Balaban J connectivity index is 2.69. The lowest BCUT2D eigenvalue weighted by Crippen LogP contribution is -2.23. The number of alkyl halides is 3. The highest BCUT2D eigenvalue weighted by atomic mass is 32.2. The van der Waals surface area contributed by atoms with Crippen LogP contribution in [0.2, 0.25) is 0 Å². The molecule has 2 N–H and O–H groups in total. The van der Waals surface area contributed by atoms with E-state index >= 15 is 0 Å². The van der Waals surface area contributed by atoms with Crippen molar-refractivity contribution in [2.75, 3.05) is 5.75 Å². The largest absolute Gasteiger partial charge is 0.454 e. The van der Waals surface area contributed by atoms with Crippen molar-refractivity contribution >= 4 is 22.7 Å². The summed E-state index contributed by atoms with van der Waals surface area (Å²) >= 11 is 1.00. The average Bonchev–Trinajstić information content (AvgIpc) is 2.44. The Morgan fingerprint density at radius 3 is 2.18 bits per heavy atom. The van der Waals surface area contributed by atoms with Crippen LogP contribution in [0.25, 0.3) is 0 Å². The van der Waals surface area contributed by atoms with E-state index in [2.05, 4.69) is 0 Å². The van der Waals surface area contributed by atoms with E-state index in [-0.39, 0.29) is 17.1 Å². The fraction of sp³-hybridized carbons (Fsp3) is 0.429. The molecule has 0 radical (unpaired) electrons. The van der Waals surface area contributed by atoms with Gasteiger partial charge in [-0.2, -0.15) is 13.2 Å². The molecule has 0 fully saturated rings. The number of rotatable bonds is 6. The Kier molecular flexibility index (Phi) is 6.58. The van der Waals surface area contributed by atoms with Gasteiger partial charge >= 0.3 is 6.18 Å². The molecule has 1 aromatic rings. The summed E-state index contributed by atoms with van der Waals surface area (Å²) in [6.07, 6.45) is -7.27. The molecule has 8 heteroatoms. The molecule has 0 spiro atoms. The van der Waals surface area contributed by atoms with E-state index < -0.39 is 29.7 Å². The molecule has 0 aliphatic rings. The maximum Gasteiger partial charge on any atom is 0.454 e. The van der Waals surface area contributed by atoms with Gasteiger partial charge in [-0.15, -0.1) is 0 Å². The molecular weight excluding hydrogens is 321 g/mol. The van der Waals surface area contributed by atoms with Crippen LogP contribution < -0.4 is 0 Å². The van der Waals surface area contributed by atoms with E-state index in [1.54, 1.807) is 0 Å². The third kappa shape index (κ3) is 5.43. The van der Waals surface area contributed by atoms with Crippen LogP contribution in [0.15, 0.2) is 24.3 Å². The van der Waals surface area contributed by atoms with Crippen molar-refractivity contribution in [3.8, 4) is 0 Å². The van der Waals surface area contributed by atoms with Crippen LogP contribution in [-0.2, 0) is 4.79 Å². The number of Topliss-reactive ketones (excluding diaryl/α,β-unsaturated/α-hetero) is 1. The number of aliphatic hydroxyl groups excluding tert-OH is 2. The molecule has 0 bridgehead atoms. The van der Waals surface area contributed by atoms with Gasteiger partial charge in [0.25, 0.3) is 5.78 Å². The van der Waals surface area contributed by atoms with Crippen molar-refractivity contribution in [3.63, 3.8) is 0 Å². The summed E-state index contributed by atoms with van der Waals surface area (Å²) in [5, 5.41) is 19.5. The second-order valence-corrected chi connectivity index (χ2v) is 5.86. The Hall–Kier alpha value is -1.38. The van der Waals surface area contributed by atoms with Gasteiger partial charge in [0, 0.05) is 18.2 Å². The molecule has 0 aromatic heterocycles. The lowest BCUT2D eigenvalue weighted by atomic mass is 10.00. The number of carbonyl (C=O) groups is 2. The van der Waals surface area contributed by atoms with Gasteiger partial charge in [0.15, 0.2) is 5.12 Å². The van der Waals surface area contributed by atoms with E-state index in [1.165, 1.54) is 6.92 Å². The summed E-state index contributed by atoms with van der Waals surface area (Å²) in [7, 11) is 0. The quantitative estimate of drug-likeness (QED) is 0.781. The zero-order valence-electron chi connectivity index (χ0n) is 11.6. The Morgan fingerprint density at radius 2 is 1.73 bits per heavy atom. The fourth-order valence-electron chi connectivity index (χ4n) is 1.70. The standard InChI is InChI=1S/C14H15F3O4S/c1-8(18)22-7-6-11(19)12(20)9-2-4-10(5-3-9)13(21)14(15,16)17/h2-5,11-12,19-20H,6-7H2,1H3. The molecule has 0 saturated carbocycles. The molecular formula is C14H15F3O4S. The van der Waals surface area contributed by atoms with E-state index in [1.807, 2.05) is 0 Å². The monoisotopic (exact) mass is 336 g/mol. The van der Waals surface area contributed by atoms with E-state index in [0.29, 0.717) is 5.75 Å². The Bertz CT molecular complexity index is 528. The number of hydrogen-bond acceptors (Lipinski definition) is 5. The van der Waals surface area contributed by atoms with Gasteiger partial charge in [0.05, 0.1) is 6.10 Å². The van der Waals surface area contributed by atoms with Crippen molar-refractivity contribution < 1.29 is 33.0 Å². The second-order valence-electron chi connectivity index (χ2n) is 4.59. The minimum Gasteiger partial charge on any atom is -0.390 e. The molecule has 2 unspecified atom stereocenters. The predicted octanol–water partition coefficient (Wildman–Crippen LogP) is 2.50. The van der Waals surface area contributed by atoms with Crippen molar-refractivity contribution in [3.05, 3.63) is 35.4 Å². The highest BCUT2D eigenvalue weighted by Crippen LogP contribution is 2.24. The SMILES string of the molecule is CC(=O)SCCC(O)C(O)c1ccc(C(=O)C(F)(F)F)cc1. The number of benzene rings is 1. The zero-order valence-corrected chi connectivity index (χ0v) is 12.4.